The largest absolute Gasteiger partial charge is 0.475 e. The van der Waals surface area contributed by atoms with Gasteiger partial charge in [-0.25, -0.2) is 33.8 Å². The Kier molecular flexibility index (Phi) is 12.7. The van der Waals surface area contributed by atoms with Gasteiger partial charge in [-0.1, -0.05) is 13.8 Å². The molecule has 0 radical (unpaired) electrons. The fraction of sp³-hybridized carbons (Fsp3) is 0.615. The van der Waals surface area contributed by atoms with Gasteiger partial charge in [-0.2, -0.15) is 14.9 Å². The Balaban J connectivity index is 1.37. The van der Waals surface area contributed by atoms with E-state index in [9.17, 15) is 23.1 Å². The van der Waals surface area contributed by atoms with Gasteiger partial charge in [0.2, 0.25) is 17.8 Å². The fourth-order valence-electron chi connectivity index (χ4n) is 5.27. The number of hydrogen-bond donors (Lipinski definition) is 4. The quantitative estimate of drug-likeness (QED) is 0.0667. The molecule has 21 nitrogen and oxygen atoms in total. The number of carbonyl (C=O) groups excluding carboxylic acids is 1. The highest BCUT2D eigenvalue weighted by Crippen LogP contribution is 2.54. The van der Waals surface area contributed by atoms with Crippen LogP contribution in [0.3, 0.4) is 0 Å². The van der Waals surface area contributed by atoms with Crippen LogP contribution in [0.15, 0.2) is 23.8 Å². The average molecular weight is 745 g/mol. The lowest BCUT2D eigenvalue weighted by Gasteiger charge is -2.25. The van der Waals surface area contributed by atoms with E-state index < -0.39 is 70.0 Å². The van der Waals surface area contributed by atoms with Gasteiger partial charge in [-0.05, 0) is 18.8 Å². The third-order valence-electron chi connectivity index (χ3n) is 7.59. The van der Waals surface area contributed by atoms with Crippen LogP contribution < -0.4 is 16.2 Å². The summed E-state index contributed by atoms with van der Waals surface area (Å²) < 4.78 is 68.9. The summed E-state index contributed by atoms with van der Waals surface area (Å²) in [6, 6.07) is 1.22. The number of H-pyrrole nitrogens is 1. The van der Waals surface area contributed by atoms with E-state index in [-0.39, 0.29) is 68.6 Å². The van der Waals surface area contributed by atoms with Crippen molar-refractivity contribution in [1.82, 2.24) is 34.5 Å². The van der Waals surface area contributed by atoms with Crippen molar-refractivity contribution in [1.29, 1.82) is 5.26 Å². The van der Waals surface area contributed by atoms with Crippen molar-refractivity contribution in [2.75, 3.05) is 30.5 Å². The summed E-state index contributed by atoms with van der Waals surface area (Å²) in [5, 5.41) is 14.5. The lowest BCUT2D eigenvalue weighted by atomic mass is 10.1. The van der Waals surface area contributed by atoms with Crippen molar-refractivity contribution in [3.8, 4) is 6.07 Å². The highest BCUT2D eigenvalue weighted by atomic mass is 31.2. The number of aromatic amines is 1. The fourth-order valence-corrected chi connectivity index (χ4v) is 6.87. The third-order valence-corrected chi connectivity index (χ3v) is 9.34. The number of anilines is 2. The molecule has 1 aliphatic carbocycles. The smallest absolute Gasteiger partial charge is 0.349 e. The molecular formula is C26H35FN10O11P2. The molecule has 2 fully saturated rings. The van der Waals surface area contributed by atoms with Crippen LogP contribution in [0.2, 0.25) is 0 Å². The molecule has 2 unspecified atom stereocenters. The van der Waals surface area contributed by atoms with E-state index in [0.717, 1.165) is 0 Å². The highest BCUT2D eigenvalue weighted by molar-refractivity contribution is 7.48. The predicted molar refractivity (Wildman–Crippen MR) is 168 cm³/mol. The zero-order valence-corrected chi connectivity index (χ0v) is 28.6. The van der Waals surface area contributed by atoms with Gasteiger partial charge in [0.1, 0.15) is 31.5 Å². The highest BCUT2D eigenvalue weighted by Gasteiger charge is 2.45. The van der Waals surface area contributed by atoms with Gasteiger partial charge in [-0.3, -0.25) is 42.6 Å². The first-order chi connectivity index (χ1) is 23.9. The summed E-state index contributed by atoms with van der Waals surface area (Å²) in [6.07, 6.45) is -0.772. The molecule has 3 aromatic rings. The number of carbonyl (C=O) groups is 1. The van der Waals surface area contributed by atoms with Crippen LogP contribution in [-0.2, 0) is 41.8 Å². The predicted octanol–water partition coefficient (Wildman–Crippen LogP) is 2.19. The summed E-state index contributed by atoms with van der Waals surface area (Å²) in [7, 11) is -7.96. The molecule has 2 aliphatic rings. The van der Waals surface area contributed by atoms with Crippen LogP contribution in [0.1, 0.15) is 45.8 Å². The van der Waals surface area contributed by atoms with Crippen molar-refractivity contribution >= 4 is 45.0 Å². The number of nitrogens with zero attached hydrogens (tertiary/aromatic N) is 7. The molecule has 24 heteroatoms. The summed E-state index contributed by atoms with van der Waals surface area (Å²) in [5.41, 5.74) is -0.837. The summed E-state index contributed by atoms with van der Waals surface area (Å²) >= 11 is 0. The molecule has 272 valence electrons. The van der Waals surface area contributed by atoms with Crippen molar-refractivity contribution in [2.24, 2.45) is 11.8 Å². The molecule has 0 aromatic carbocycles. The summed E-state index contributed by atoms with van der Waals surface area (Å²) in [5.74, 6) is -1.24. The number of hydrogen-bond acceptors (Lipinski definition) is 17. The minimum atomic E-state index is -4.52. The van der Waals surface area contributed by atoms with Crippen LogP contribution in [0.25, 0.3) is 11.2 Å². The standard InChI is InChI=1S/C26H35FN10O11P2/c1-14(2)22(38)35-26-34-21-20(23(39)36-26)32-13-37(21)24-19(8-16(46-24)10-43-48-49(40)41)47-50(42,44-5-3-4-28)45-9-15-6-17(27)18(7-15)33-25-30-11-29-12-31-25/h11-19,24,49H,3,5-10H2,1-2H3,(H,40,41)(H,29,30,31,33)(H2,34,35,36,38,39)/t15-,16+,17-,18-,19-,24-,50?/m1/s1. The van der Waals surface area contributed by atoms with E-state index in [0.29, 0.717) is 0 Å². The van der Waals surface area contributed by atoms with Gasteiger partial charge in [0.25, 0.3) is 5.56 Å². The maximum absolute atomic E-state index is 14.9. The zero-order chi connectivity index (χ0) is 35.8. The molecule has 1 saturated carbocycles. The molecule has 8 atom stereocenters. The average Bonchev–Trinajstić information content (AvgIpc) is 3.77. The number of fused-ring (bicyclic) bond motifs is 1. The van der Waals surface area contributed by atoms with E-state index in [4.69, 9.17) is 33.4 Å². The molecule has 0 spiro atoms. The second-order valence-electron chi connectivity index (χ2n) is 11.6. The first-order valence-corrected chi connectivity index (χ1v) is 18.1. The number of imidazole rings is 1. The van der Waals surface area contributed by atoms with Gasteiger partial charge in [0.05, 0.1) is 44.2 Å². The van der Waals surface area contributed by atoms with E-state index >= 15 is 0 Å². The summed E-state index contributed by atoms with van der Waals surface area (Å²) in [6.45, 7) is 2.35. The second-order valence-corrected chi connectivity index (χ2v) is 13.9. The number of amides is 1. The van der Waals surface area contributed by atoms with Crippen LogP contribution in [0, 0.1) is 23.2 Å². The SMILES string of the molecule is CC(C)C(=O)Nc1nc2c(ncn2[C@@H]2O[C@H](COO[PH](=O)O)C[C@H]2OP(=O)(OCCC#N)OC[C@@H]2C[C@@H](F)[C@H](Nc3ncncn3)C2)c(=O)[nH]1. The number of aromatic nitrogens is 7. The lowest BCUT2D eigenvalue weighted by molar-refractivity contribution is -0.229. The first kappa shape index (κ1) is 37.5. The van der Waals surface area contributed by atoms with Gasteiger partial charge in [0.15, 0.2) is 17.4 Å². The van der Waals surface area contributed by atoms with E-state index in [1.807, 2.05) is 6.07 Å². The summed E-state index contributed by atoms with van der Waals surface area (Å²) in [4.78, 5) is 61.4. The molecule has 1 saturated heterocycles. The van der Waals surface area contributed by atoms with Crippen molar-refractivity contribution < 1.29 is 51.1 Å². The normalized spacial score (nSPS) is 25.4. The van der Waals surface area contributed by atoms with E-state index in [1.54, 1.807) is 13.8 Å². The molecular weight excluding hydrogens is 709 g/mol. The minimum absolute atomic E-state index is 0.0394. The number of rotatable bonds is 17. The Hall–Kier alpha value is -3.77. The Labute approximate surface area is 283 Å². The zero-order valence-electron chi connectivity index (χ0n) is 26.7. The van der Waals surface area contributed by atoms with E-state index in [2.05, 4.69) is 45.2 Å². The second kappa shape index (κ2) is 17.0. The Morgan fingerprint density at radius 2 is 2.04 bits per heavy atom. The van der Waals surface area contributed by atoms with Crippen LogP contribution in [0.4, 0.5) is 16.3 Å². The number of halogens is 1. The van der Waals surface area contributed by atoms with Crippen LogP contribution in [-0.4, -0.2) is 89.5 Å². The number of nitriles is 1. The number of ether oxygens (including phenoxy) is 1. The molecule has 4 heterocycles. The van der Waals surface area contributed by atoms with Crippen LogP contribution in [0.5, 0.6) is 0 Å². The van der Waals surface area contributed by atoms with Gasteiger partial charge >= 0.3 is 16.1 Å². The van der Waals surface area contributed by atoms with E-state index in [1.165, 1.54) is 23.5 Å². The number of phosphoric ester groups is 1. The molecule has 4 N–H and O–H groups in total. The van der Waals surface area contributed by atoms with Crippen molar-refractivity contribution in [3.63, 3.8) is 0 Å². The molecule has 3 aromatic heterocycles. The Morgan fingerprint density at radius 1 is 1.26 bits per heavy atom. The Bertz CT molecular complexity index is 1800. The Morgan fingerprint density at radius 3 is 2.76 bits per heavy atom. The lowest BCUT2D eigenvalue weighted by Crippen LogP contribution is -2.26. The molecule has 5 rings (SSSR count). The first-order valence-electron chi connectivity index (χ1n) is 15.4. The molecule has 1 aliphatic heterocycles. The maximum atomic E-state index is 14.9. The third kappa shape index (κ3) is 9.72. The van der Waals surface area contributed by atoms with Crippen molar-refractivity contribution in [3.05, 3.63) is 29.3 Å². The van der Waals surface area contributed by atoms with Crippen LogP contribution >= 0.6 is 16.1 Å². The molecule has 1 amide bonds. The monoisotopic (exact) mass is 744 g/mol. The molecule has 0 bridgehead atoms. The number of phosphoric acid groups is 1. The topological polar surface area (TPSA) is 277 Å². The van der Waals surface area contributed by atoms with Gasteiger partial charge in [0, 0.05) is 12.3 Å². The molecule has 50 heavy (non-hydrogen) atoms. The maximum Gasteiger partial charge on any atom is 0.475 e. The minimum Gasteiger partial charge on any atom is -0.349 e. The van der Waals surface area contributed by atoms with Gasteiger partial charge in [-0.15, -0.1) is 0 Å². The van der Waals surface area contributed by atoms with Crippen molar-refractivity contribution in [2.45, 2.75) is 70.2 Å². The number of alkyl halides is 1. The number of nitrogens with one attached hydrogen (secondary N) is 3. The van der Waals surface area contributed by atoms with Gasteiger partial charge < -0.3 is 14.9 Å².